The zero-order valence-electron chi connectivity index (χ0n) is 11.2. The summed E-state index contributed by atoms with van der Waals surface area (Å²) in [5.41, 5.74) is 1.77. The van der Waals surface area contributed by atoms with Crippen molar-refractivity contribution in [2.75, 3.05) is 12.4 Å². The summed E-state index contributed by atoms with van der Waals surface area (Å²) in [5, 5.41) is 17.7. The van der Waals surface area contributed by atoms with Crippen molar-refractivity contribution in [1.82, 2.24) is 9.78 Å². The summed E-state index contributed by atoms with van der Waals surface area (Å²) in [6.07, 6.45) is 1.60. The lowest BCUT2D eigenvalue weighted by atomic mass is 10.1. The Morgan fingerprint density at radius 1 is 1.40 bits per heavy atom. The average molecular weight is 274 g/mol. The third kappa shape index (κ3) is 2.82. The van der Waals surface area contributed by atoms with Crippen LogP contribution < -0.4 is 10.9 Å². The third-order valence-corrected chi connectivity index (χ3v) is 2.87. The first kappa shape index (κ1) is 13.7. The zero-order valence-corrected chi connectivity index (χ0v) is 11.2. The maximum absolute atomic E-state index is 11.8. The van der Waals surface area contributed by atoms with Crippen molar-refractivity contribution in [3.8, 4) is 0 Å². The lowest BCUT2D eigenvalue weighted by molar-refractivity contribution is -0.384. The second kappa shape index (κ2) is 5.52. The van der Waals surface area contributed by atoms with Crippen molar-refractivity contribution >= 4 is 11.4 Å². The molecule has 0 aliphatic rings. The monoisotopic (exact) mass is 274 g/mol. The first-order valence-corrected chi connectivity index (χ1v) is 6.00. The molecule has 20 heavy (non-hydrogen) atoms. The smallest absolute Gasteiger partial charge is 0.292 e. The fraction of sp³-hybridized carbons (Fsp3) is 0.231. The molecule has 0 amide bonds. The quantitative estimate of drug-likeness (QED) is 0.674. The van der Waals surface area contributed by atoms with Crippen molar-refractivity contribution in [1.29, 1.82) is 0 Å². The standard InChI is InChI=1S/C13H14N4O3/c1-9-5-13(18)16(15-7-9)8-10-3-4-12(17(19)20)11(6-10)14-2/h3-7,14H,8H2,1-2H3. The minimum Gasteiger partial charge on any atom is -0.383 e. The van der Waals surface area contributed by atoms with Crippen LogP contribution in [0.4, 0.5) is 11.4 Å². The predicted octanol–water partition coefficient (Wildman–Crippen LogP) is 1.55. The molecule has 0 aliphatic heterocycles. The van der Waals surface area contributed by atoms with Crippen LogP contribution in [0.1, 0.15) is 11.1 Å². The lowest BCUT2D eigenvalue weighted by Gasteiger charge is -2.07. The summed E-state index contributed by atoms with van der Waals surface area (Å²) in [5.74, 6) is 0. The van der Waals surface area contributed by atoms with E-state index in [1.807, 2.05) is 0 Å². The van der Waals surface area contributed by atoms with Gasteiger partial charge in [0.2, 0.25) is 0 Å². The normalized spacial score (nSPS) is 10.3. The lowest BCUT2D eigenvalue weighted by Crippen LogP contribution is -2.22. The van der Waals surface area contributed by atoms with Gasteiger partial charge in [-0.15, -0.1) is 0 Å². The predicted molar refractivity (Wildman–Crippen MR) is 75.0 cm³/mol. The maximum atomic E-state index is 11.8. The number of nitro benzene ring substituents is 1. The Kier molecular flexibility index (Phi) is 3.79. The maximum Gasteiger partial charge on any atom is 0.292 e. The molecule has 0 saturated carbocycles. The van der Waals surface area contributed by atoms with Crippen LogP contribution in [-0.4, -0.2) is 21.8 Å². The topological polar surface area (TPSA) is 90.1 Å². The Balaban J connectivity index is 2.34. The van der Waals surface area contributed by atoms with Crippen LogP contribution in [0, 0.1) is 17.0 Å². The van der Waals surface area contributed by atoms with Crippen LogP contribution >= 0.6 is 0 Å². The van der Waals surface area contributed by atoms with E-state index >= 15 is 0 Å². The fourth-order valence-corrected chi connectivity index (χ4v) is 1.86. The van der Waals surface area contributed by atoms with E-state index in [9.17, 15) is 14.9 Å². The number of nitrogens with zero attached hydrogens (tertiary/aromatic N) is 3. The Hall–Kier alpha value is -2.70. The van der Waals surface area contributed by atoms with E-state index in [-0.39, 0.29) is 17.8 Å². The van der Waals surface area contributed by atoms with Crippen molar-refractivity contribution in [2.24, 2.45) is 0 Å². The van der Waals surface area contributed by atoms with Gasteiger partial charge in [0, 0.05) is 19.2 Å². The zero-order chi connectivity index (χ0) is 14.7. The Labute approximate surface area is 115 Å². The van der Waals surface area contributed by atoms with Crippen LogP contribution in [0.3, 0.4) is 0 Å². The summed E-state index contributed by atoms with van der Waals surface area (Å²) < 4.78 is 1.31. The van der Waals surface area contributed by atoms with Crippen molar-refractivity contribution < 1.29 is 4.92 Å². The molecule has 7 nitrogen and oxygen atoms in total. The number of anilines is 1. The Bertz CT molecular complexity index is 709. The minimum atomic E-state index is -0.452. The van der Waals surface area contributed by atoms with Gasteiger partial charge < -0.3 is 5.32 Å². The molecular weight excluding hydrogens is 260 g/mol. The van der Waals surface area contributed by atoms with E-state index in [4.69, 9.17) is 0 Å². The van der Waals surface area contributed by atoms with E-state index in [1.165, 1.54) is 16.8 Å². The molecule has 2 aromatic rings. The molecule has 0 aliphatic carbocycles. The summed E-state index contributed by atoms with van der Waals surface area (Å²) >= 11 is 0. The number of hydrogen-bond donors (Lipinski definition) is 1. The number of aryl methyl sites for hydroxylation is 1. The molecule has 7 heteroatoms. The molecule has 0 atom stereocenters. The van der Waals surface area contributed by atoms with Crippen LogP contribution in [0.5, 0.6) is 0 Å². The molecule has 0 fully saturated rings. The summed E-state index contributed by atoms with van der Waals surface area (Å²) in [6, 6.07) is 6.18. The molecule has 0 bridgehead atoms. The van der Waals surface area contributed by atoms with Gasteiger partial charge in [0.1, 0.15) is 5.69 Å². The van der Waals surface area contributed by atoms with Gasteiger partial charge in [-0.25, -0.2) is 4.68 Å². The number of rotatable bonds is 4. The van der Waals surface area contributed by atoms with Gasteiger partial charge in [0.05, 0.1) is 17.7 Å². The molecule has 1 heterocycles. The third-order valence-electron chi connectivity index (χ3n) is 2.87. The van der Waals surface area contributed by atoms with Crippen LogP contribution in [0.25, 0.3) is 0 Å². The first-order valence-electron chi connectivity index (χ1n) is 6.00. The second-order valence-corrected chi connectivity index (χ2v) is 4.39. The molecule has 1 N–H and O–H groups in total. The Morgan fingerprint density at radius 3 is 2.75 bits per heavy atom. The number of nitro groups is 1. The molecule has 0 unspecified atom stereocenters. The van der Waals surface area contributed by atoms with Gasteiger partial charge in [0.25, 0.3) is 11.2 Å². The highest BCUT2D eigenvalue weighted by atomic mass is 16.6. The van der Waals surface area contributed by atoms with Gasteiger partial charge in [-0.3, -0.25) is 14.9 Å². The van der Waals surface area contributed by atoms with Gasteiger partial charge in [0.15, 0.2) is 0 Å². The molecule has 2 rings (SSSR count). The number of hydrogen-bond acceptors (Lipinski definition) is 5. The molecular formula is C13H14N4O3. The molecule has 0 radical (unpaired) electrons. The highest BCUT2D eigenvalue weighted by molar-refractivity contribution is 5.62. The SMILES string of the molecule is CNc1cc(Cn2ncc(C)cc2=O)ccc1[N+](=O)[O-]. The molecule has 1 aromatic heterocycles. The molecule has 0 saturated heterocycles. The molecule has 104 valence electrons. The van der Waals surface area contributed by atoms with Crippen LogP contribution in [0.15, 0.2) is 35.3 Å². The minimum absolute atomic E-state index is 0.000428. The Morgan fingerprint density at radius 2 is 2.15 bits per heavy atom. The number of benzene rings is 1. The van der Waals surface area contributed by atoms with E-state index in [2.05, 4.69) is 10.4 Å². The molecule has 0 spiro atoms. The second-order valence-electron chi connectivity index (χ2n) is 4.39. The first-order chi connectivity index (χ1) is 9.51. The van der Waals surface area contributed by atoms with E-state index in [1.54, 1.807) is 32.3 Å². The highest BCUT2D eigenvalue weighted by Gasteiger charge is 2.13. The van der Waals surface area contributed by atoms with Gasteiger partial charge in [-0.1, -0.05) is 6.07 Å². The van der Waals surface area contributed by atoms with Crippen molar-refractivity contribution in [3.05, 3.63) is 62.1 Å². The van der Waals surface area contributed by atoms with Gasteiger partial charge >= 0.3 is 0 Å². The van der Waals surface area contributed by atoms with Crippen LogP contribution in [-0.2, 0) is 6.54 Å². The summed E-state index contributed by atoms with van der Waals surface area (Å²) in [6.45, 7) is 2.06. The largest absolute Gasteiger partial charge is 0.383 e. The van der Waals surface area contributed by atoms with Crippen LogP contribution in [0.2, 0.25) is 0 Å². The summed E-state index contributed by atoms with van der Waals surface area (Å²) in [7, 11) is 1.61. The number of nitrogens with one attached hydrogen (secondary N) is 1. The van der Waals surface area contributed by atoms with Gasteiger partial charge in [-0.2, -0.15) is 5.10 Å². The van der Waals surface area contributed by atoms with E-state index in [0.29, 0.717) is 5.69 Å². The fourth-order valence-electron chi connectivity index (χ4n) is 1.86. The van der Waals surface area contributed by atoms with Crippen molar-refractivity contribution in [3.63, 3.8) is 0 Å². The van der Waals surface area contributed by atoms with Crippen molar-refractivity contribution in [2.45, 2.75) is 13.5 Å². The highest BCUT2D eigenvalue weighted by Crippen LogP contribution is 2.24. The van der Waals surface area contributed by atoms with E-state index < -0.39 is 4.92 Å². The number of aromatic nitrogens is 2. The summed E-state index contributed by atoms with van der Waals surface area (Å²) in [4.78, 5) is 22.1. The average Bonchev–Trinajstić information content (AvgIpc) is 2.41. The van der Waals surface area contributed by atoms with Gasteiger partial charge in [-0.05, 0) is 24.1 Å². The van der Waals surface area contributed by atoms with E-state index in [0.717, 1.165) is 11.1 Å². The molecule has 1 aromatic carbocycles.